The summed E-state index contributed by atoms with van der Waals surface area (Å²) in [7, 11) is 1.95. The molecule has 2 rings (SSSR count). The molecule has 1 amide bonds. The molecule has 0 heterocycles. The molecule has 2 heteroatoms. The van der Waals surface area contributed by atoms with Gasteiger partial charge in [0.15, 0.2) is 0 Å². The Kier molecular flexibility index (Phi) is 5.40. The Morgan fingerprint density at radius 2 is 1.70 bits per heavy atom. The van der Waals surface area contributed by atoms with E-state index in [1.807, 2.05) is 49.2 Å². The summed E-state index contributed by atoms with van der Waals surface area (Å²) in [4.78, 5) is 14.3. The summed E-state index contributed by atoms with van der Waals surface area (Å²) in [5.41, 5.74) is 2.16. The van der Waals surface area contributed by atoms with Gasteiger partial charge in [-0.15, -0.1) is 0 Å². The maximum absolute atomic E-state index is 12.4. The molecular weight excluding hydrogens is 246 g/mol. The smallest absolute Gasteiger partial charge is 0.246 e. The zero-order valence-corrected chi connectivity index (χ0v) is 12.6. The molecule has 1 aromatic rings. The van der Waals surface area contributed by atoms with E-state index in [2.05, 4.69) is 0 Å². The molecule has 0 saturated heterocycles. The number of likely N-dealkylation sites (N-methyl/N-ethyl adjacent to an activating group) is 1. The fourth-order valence-electron chi connectivity index (χ4n) is 2.90. The molecule has 1 saturated carbocycles. The first-order valence-electron chi connectivity index (χ1n) is 7.69. The van der Waals surface area contributed by atoms with Gasteiger partial charge < -0.3 is 4.90 Å². The maximum Gasteiger partial charge on any atom is 0.246 e. The average Bonchev–Trinajstić information content (AvgIpc) is 2.76. The van der Waals surface area contributed by atoms with E-state index in [-0.39, 0.29) is 5.91 Å². The topological polar surface area (TPSA) is 20.3 Å². The van der Waals surface area contributed by atoms with Crippen molar-refractivity contribution in [2.75, 3.05) is 7.05 Å². The number of carbonyl (C=O) groups excluding carboxylic acids is 1. The second-order valence-corrected chi connectivity index (χ2v) is 5.79. The van der Waals surface area contributed by atoms with Crippen LogP contribution in [0.25, 0.3) is 5.57 Å². The Bertz CT molecular complexity index is 456. The van der Waals surface area contributed by atoms with Crippen molar-refractivity contribution in [3.05, 3.63) is 42.0 Å². The summed E-state index contributed by atoms with van der Waals surface area (Å²) < 4.78 is 0. The van der Waals surface area contributed by atoms with Gasteiger partial charge in [0.05, 0.1) is 0 Å². The number of benzene rings is 1. The lowest BCUT2D eigenvalue weighted by atomic mass is 10.1. The van der Waals surface area contributed by atoms with Crippen molar-refractivity contribution < 1.29 is 4.79 Å². The van der Waals surface area contributed by atoms with Crippen LogP contribution in [-0.2, 0) is 4.79 Å². The lowest BCUT2D eigenvalue weighted by molar-refractivity contribution is -0.126. The molecule has 20 heavy (non-hydrogen) atoms. The number of hydrogen-bond donors (Lipinski definition) is 0. The summed E-state index contributed by atoms with van der Waals surface area (Å²) >= 11 is 0. The first-order valence-corrected chi connectivity index (χ1v) is 7.69. The number of amides is 1. The van der Waals surface area contributed by atoms with Gasteiger partial charge in [-0.1, -0.05) is 56.0 Å². The molecule has 0 aromatic heterocycles. The van der Waals surface area contributed by atoms with Gasteiger partial charge in [-0.3, -0.25) is 4.79 Å². The third-order valence-corrected chi connectivity index (χ3v) is 4.29. The standard InChI is InChI=1S/C18H25NO/c1-15(16-10-6-5-7-11-16)14-18(20)19(2)17-12-8-3-4-9-13-17/h5-7,10-11,14,17H,3-4,8-9,12-13H2,1-2H3/b15-14+. The number of carbonyl (C=O) groups is 1. The van der Waals surface area contributed by atoms with Crippen molar-refractivity contribution in [1.82, 2.24) is 4.90 Å². The van der Waals surface area contributed by atoms with Crippen LogP contribution < -0.4 is 0 Å². The summed E-state index contributed by atoms with van der Waals surface area (Å²) in [5.74, 6) is 0.137. The Morgan fingerprint density at radius 1 is 1.10 bits per heavy atom. The normalized spacial score (nSPS) is 17.6. The number of allylic oxidation sites excluding steroid dienone is 1. The zero-order chi connectivity index (χ0) is 14.4. The summed E-state index contributed by atoms with van der Waals surface area (Å²) in [6.07, 6.45) is 9.23. The highest BCUT2D eigenvalue weighted by Crippen LogP contribution is 2.22. The molecule has 1 aromatic carbocycles. The van der Waals surface area contributed by atoms with E-state index in [4.69, 9.17) is 0 Å². The summed E-state index contributed by atoms with van der Waals surface area (Å²) in [5, 5.41) is 0. The van der Waals surface area contributed by atoms with Crippen LogP contribution in [0.3, 0.4) is 0 Å². The van der Waals surface area contributed by atoms with Gasteiger partial charge in [0, 0.05) is 19.2 Å². The Labute approximate surface area is 122 Å². The van der Waals surface area contributed by atoms with E-state index in [1.54, 1.807) is 6.08 Å². The molecule has 0 bridgehead atoms. The lowest BCUT2D eigenvalue weighted by Gasteiger charge is -2.26. The number of hydrogen-bond acceptors (Lipinski definition) is 1. The molecule has 1 aliphatic rings. The van der Waals surface area contributed by atoms with Crippen molar-refractivity contribution in [3.63, 3.8) is 0 Å². The molecule has 0 atom stereocenters. The van der Waals surface area contributed by atoms with Crippen molar-refractivity contribution in [3.8, 4) is 0 Å². The van der Waals surface area contributed by atoms with E-state index in [0.717, 1.165) is 24.0 Å². The highest BCUT2D eigenvalue weighted by molar-refractivity contribution is 5.94. The fourth-order valence-corrected chi connectivity index (χ4v) is 2.90. The summed E-state index contributed by atoms with van der Waals surface area (Å²) in [6.45, 7) is 2.01. The molecule has 1 fully saturated rings. The Morgan fingerprint density at radius 3 is 2.30 bits per heavy atom. The molecule has 108 valence electrons. The maximum atomic E-state index is 12.4. The van der Waals surface area contributed by atoms with E-state index in [0.29, 0.717) is 6.04 Å². The third-order valence-electron chi connectivity index (χ3n) is 4.29. The second kappa shape index (κ2) is 7.28. The first kappa shape index (κ1) is 14.8. The average molecular weight is 271 g/mol. The minimum Gasteiger partial charge on any atom is -0.339 e. The predicted octanol–water partition coefficient (Wildman–Crippen LogP) is 4.27. The highest BCUT2D eigenvalue weighted by atomic mass is 16.2. The van der Waals surface area contributed by atoms with Crippen LogP contribution in [0.15, 0.2) is 36.4 Å². The molecule has 1 aliphatic carbocycles. The van der Waals surface area contributed by atoms with E-state index < -0.39 is 0 Å². The first-order chi connectivity index (χ1) is 9.68. The van der Waals surface area contributed by atoms with Gasteiger partial charge in [0.1, 0.15) is 0 Å². The zero-order valence-electron chi connectivity index (χ0n) is 12.6. The Hall–Kier alpha value is -1.57. The fraction of sp³-hybridized carbons (Fsp3) is 0.500. The molecule has 2 nitrogen and oxygen atoms in total. The molecule has 0 radical (unpaired) electrons. The van der Waals surface area contributed by atoms with Gasteiger partial charge in [0.2, 0.25) is 5.91 Å². The van der Waals surface area contributed by atoms with Gasteiger partial charge in [0.25, 0.3) is 0 Å². The molecule has 0 N–H and O–H groups in total. The van der Waals surface area contributed by atoms with Crippen LogP contribution in [-0.4, -0.2) is 23.9 Å². The van der Waals surface area contributed by atoms with Gasteiger partial charge in [-0.2, -0.15) is 0 Å². The van der Waals surface area contributed by atoms with Crippen molar-refractivity contribution in [2.45, 2.75) is 51.5 Å². The van der Waals surface area contributed by atoms with Crippen molar-refractivity contribution >= 4 is 11.5 Å². The number of nitrogens with zero attached hydrogens (tertiary/aromatic N) is 1. The van der Waals surface area contributed by atoms with Gasteiger partial charge in [-0.25, -0.2) is 0 Å². The van der Waals surface area contributed by atoms with Crippen LogP contribution >= 0.6 is 0 Å². The monoisotopic (exact) mass is 271 g/mol. The van der Waals surface area contributed by atoms with Crippen LogP contribution in [0.5, 0.6) is 0 Å². The summed E-state index contributed by atoms with van der Waals surface area (Å²) in [6, 6.07) is 10.5. The molecular formula is C18H25NO. The Balaban J connectivity index is 2.03. The van der Waals surface area contributed by atoms with Crippen LogP contribution in [0.2, 0.25) is 0 Å². The molecule has 0 aliphatic heterocycles. The van der Waals surface area contributed by atoms with Crippen LogP contribution in [0, 0.1) is 0 Å². The predicted molar refractivity (Wildman–Crippen MR) is 84.4 cm³/mol. The molecule has 0 unspecified atom stereocenters. The van der Waals surface area contributed by atoms with Gasteiger partial charge in [-0.05, 0) is 30.9 Å². The van der Waals surface area contributed by atoms with Gasteiger partial charge >= 0.3 is 0 Å². The SMILES string of the molecule is C/C(=C\C(=O)N(C)C1CCCCCC1)c1ccccc1. The second-order valence-electron chi connectivity index (χ2n) is 5.79. The lowest BCUT2D eigenvalue weighted by Crippen LogP contribution is -2.35. The van der Waals surface area contributed by atoms with Crippen LogP contribution in [0.4, 0.5) is 0 Å². The third kappa shape index (κ3) is 3.96. The quantitative estimate of drug-likeness (QED) is 0.594. The van der Waals surface area contributed by atoms with E-state index in [1.165, 1.54) is 25.7 Å². The van der Waals surface area contributed by atoms with Crippen molar-refractivity contribution in [2.24, 2.45) is 0 Å². The highest BCUT2D eigenvalue weighted by Gasteiger charge is 2.19. The minimum absolute atomic E-state index is 0.137. The number of rotatable bonds is 3. The van der Waals surface area contributed by atoms with Crippen LogP contribution in [0.1, 0.15) is 51.0 Å². The molecule has 0 spiro atoms. The van der Waals surface area contributed by atoms with E-state index >= 15 is 0 Å². The van der Waals surface area contributed by atoms with E-state index in [9.17, 15) is 4.79 Å². The largest absolute Gasteiger partial charge is 0.339 e. The van der Waals surface area contributed by atoms with Crippen molar-refractivity contribution in [1.29, 1.82) is 0 Å². The minimum atomic E-state index is 0.137.